The normalized spacial score (nSPS) is 11.8. The van der Waals surface area contributed by atoms with Crippen LogP contribution in [-0.2, 0) is 6.18 Å². The zero-order chi connectivity index (χ0) is 15.1. The van der Waals surface area contributed by atoms with Crippen LogP contribution in [-0.4, -0.2) is 0 Å². The summed E-state index contributed by atoms with van der Waals surface area (Å²) in [5, 5.41) is 0. The van der Waals surface area contributed by atoms with Crippen molar-refractivity contribution in [2.24, 2.45) is 0 Å². The first-order valence-corrected chi connectivity index (χ1v) is 6.48. The first kappa shape index (κ1) is 14.6. The predicted molar refractivity (Wildman–Crippen MR) is 75.8 cm³/mol. The van der Waals surface area contributed by atoms with Crippen LogP contribution in [0.3, 0.4) is 0 Å². The standard InChI is InChI=1S/C17H17F3/c1-10-11(2)13(4)16(17(18,19)20)15(12(10)3)14-8-6-5-7-9-14/h5-9H,1-4H3. The maximum atomic E-state index is 13.5. The second kappa shape index (κ2) is 4.97. The number of rotatable bonds is 1. The van der Waals surface area contributed by atoms with Gasteiger partial charge in [0.05, 0.1) is 5.56 Å². The summed E-state index contributed by atoms with van der Waals surface area (Å²) < 4.78 is 40.5. The van der Waals surface area contributed by atoms with Crippen LogP contribution in [0.5, 0.6) is 0 Å². The Morgan fingerprint density at radius 1 is 0.700 bits per heavy atom. The van der Waals surface area contributed by atoms with Crippen LogP contribution in [0, 0.1) is 27.7 Å². The molecule has 0 spiro atoms. The lowest BCUT2D eigenvalue weighted by Crippen LogP contribution is -2.13. The van der Waals surface area contributed by atoms with Gasteiger partial charge in [0, 0.05) is 0 Å². The van der Waals surface area contributed by atoms with E-state index < -0.39 is 11.7 Å². The highest BCUT2D eigenvalue weighted by Gasteiger charge is 2.37. The third-order valence-corrected chi connectivity index (χ3v) is 4.03. The minimum Gasteiger partial charge on any atom is -0.166 e. The third-order valence-electron chi connectivity index (χ3n) is 4.03. The molecule has 0 unspecified atom stereocenters. The molecular formula is C17H17F3. The lowest BCUT2D eigenvalue weighted by molar-refractivity contribution is -0.137. The minimum atomic E-state index is -4.35. The molecule has 0 atom stereocenters. The van der Waals surface area contributed by atoms with E-state index in [1.54, 1.807) is 51.1 Å². The average Bonchev–Trinajstić information content (AvgIpc) is 2.39. The molecule has 2 aromatic rings. The van der Waals surface area contributed by atoms with Gasteiger partial charge in [-0.2, -0.15) is 13.2 Å². The summed E-state index contributed by atoms with van der Waals surface area (Å²) in [5.74, 6) is 0. The molecule has 106 valence electrons. The molecule has 0 saturated carbocycles. The largest absolute Gasteiger partial charge is 0.417 e. The zero-order valence-electron chi connectivity index (χ0n) is 12.0. The molecule has 0 amide bonds. The molecule has 0 bridgehead atoms. The first-order valence-electron chi connectivity index (χ1n) is 6.48. The number of alkyl halides is 3. The minimum absolute atomic E-state index is 0.304. The molecule has 0 radical (unpaired) electrons. The van der Waals surface area contributed by atoms with Gasteiger partial charge in [-0.15, -0.1) is 0 Å². The zero-order valence-corrected chi connectivity index (χ0v) is 12.0. The van der Waals surface area contributed by atoms with E-state index in [1.807, 2.05) is 6.92 Å². The van der Waals surface area contributed by atoms with Crippen molar-refractivity contribution < 1.29 is 13.2 Å². The van der Waals surface area contributed by atoms with Gasteiger partial charge in [-0.05, 0) is 61.1 Å². The van der Waals surface area contributed by atoms with Crippen LogP contribution in [0.4, 0.5) is 13.2 Å². The van der Waals surface area contributed by atoms with E-state index in [4.69, 9.17) is 0 Å². The molecule has 20 heavy (non-hydrogen) atoms. The van der Waals surface area contributed by atoms with Gasteiger partial charge in [0.2, 0.25) is 0 Å². The number of hydrogen-bond acceptors (Lipinski definition) is 0. The highest BCUT2D eigenvalue weighted by Crippen LogP contribution is 2.43. The number of hydrogen-bond donors (Lipinski definition) is 0. The summed E-state index contributed by atoms with van der Waals surface area (Å²) in [6.07, 6.45) is -4.35. The Kier molecular flexibility index (Phi) is 3.63. The van der Waals surface area contributed by atoms with Gasteiger partial charge in [0.1, 0.15) is 0 Å². The topological polar surface area (TPSA) is 0 Å². The van der Waals surface area contributed by atoms with E-state index >= 15 is 0 Å². The molecule has 0 nitrogen and oxygen atoms in total. The molecule has 0 aliphatic rings. The Hall–Kier alpha value is -1.77. The van der Waals surface area contributed by atoms with E-state index in [0.29, 0.717) is 22.3 Å². The molecular weight excluding hydrogens is 261 g/mol. The fourth-order valence-electron chi connectivity index (χ4n) is 2.63. The highest BCUT2D eigenvalue weighted by atomic mass is 19.4. The molecule has 0 aromatic heterocycles. The SMILES string of the molecule is Cc1c(C)c(C)c(C(F)(F)F)c(-c2ccccc2)c1C. The summed E-state index contributed by atoms with van der Waals surface area (Å²) in [7, 11) is 0. The quantitative estimate of drug-likeness (QED) is 0.636. The summed E-state index contributed by atoms with van der Waals surface area (Å²) >= 11 is 0. The molecule has 0 fully saturated rings. The molecule has 2 rings (SSSR count). The van der Waals surface area contributed by atoms with Gasteiger partial charge in [-0.1, -0.05) is 30.3 Å². The van der Waals surface area contributed by atoms with E-state index in [-0.39, 0.29) is 0 Å². The van der Waals surface area contributed by atoms with Gasteiger partial charge in [-0.25, -0.2) is 0 Å². The van der Waals surface area contributed by atoms with E-state index in [1.165, 1.54) is 0 Å². The highest BCUT2D eigenvalue weighted by molar-refractivity contribution is 5.75. The first-order chi connectivity index (χ1) is 9.25. The van der Waals surface area contributed by atoms with Gasteiger partial charge < -0.3 is 0 Å². The summed E-state index contributed by atoms with van der Waals surface area (Å²) in [6, 6.07) is 8.79. The lowest BCUT2D eigenvalue weighted by Gasteiger charge is -2.22. The summed E-state index contributed by atoms with van der Waals surface area (Å²) in [6.45, 7) is 6.95. The van der Waals surface area contributed by atoms with Crippen LogP contribution in [0.25, 0.3) is 11.1 Å². The van der Waals surface area contributed by atoms with Crippen molar-refractivity contribution >= 4 is 0 Å². The van der Waals surface area contributed by atoms with Crippen molar-refractivity contribution in [1.29, 1.82) is 0 Å². The van der Waals surface area contributed by atoms with Gasteiger partial charge in [0.25, 0.3) is 0 Å². The Morgan fingerprint density at radius 2 is 1.20 bits per heavy atom. The van der Waals surface area contributed by atoms with Gasteiger partial charge >= 0.3 is 6.18 Å². The maximum absolute atomic E-state index is 13.5. The van der Waals surface area contributed by atoms with Crippen molar-refractivity contribution in [1.82, 2.24) is 0 Å². The van der Waals surface area contributed by atoms with Gasteiger partial charge in [0.15, 0.2) is 0 Å². The molecule has 0 aliphatic carbocycles. The summed E-state index contributed by atoms with van der Waals surface area (Å²) in [5.41, 5.74) is 3.07. The van der Waals surface area contributed by atoms with Crippen molar-refractivity contribution in [3.8, 4) is 11.1 Å². The van der Waals surface area contributed by atoms with E-state index in [9.17, 15) is 13.2 Å². The van der Waals surface area contributed by atoms with Gasteiger partial charge in [-0.3, -0.25) is 0 Å². The molecule has 0 N–H and O–H groups in total. The Balaban J connectivity index is 2.92. The van der Waals surface area contributed by atoms with E-state index in [2.05, 4.69) is 0 Å². The monoisotopic (exact) mass is 278 g/mol. The van der Waals surface area contributed by atoms with E-state index in [0.717, 1.165) is 11.1 Å². The molecule has 0 saturated heterocycles. The molecule has 2 aromatic carbocycles. The number of benzene rings is 2. The van der Waals surface area contributed by atoms with Crippen molar-refractivity contribution in [3.05, 3.63) is 58.1 Å². The predicted octanol–water partition coefficient (Wildman–Crippen LogP) is 5.61. The third kappa shape index (κ3) is 2.33. The van der Waals surface area contributed by atoms with Crippen LogP contribution in [0.1, 0.15) is 27.8 Å². The smallest absolute Gasteiger partial charge is 0.166 e. The number of halogens is 3. The fourth-order valence-corrected chi connectivity index (χ4v) is 2.63. The second-order valence-electron chi connectivity index (χ2n) is 5.11. The molecule has 3 heteroatoms. The van der Waals surface area contributed by atoms with Crippen LogP contribution < -0.4 is 0 Å². The van der Waals surface area contributed by atoms with Crippen molar-refractivity contribution in [2.45, 2.75) is 33.9 Å². The van der Waals surface area contributed by atoms with Crippen LogP contribution >= 0.6 is 0 Å². The van der Waals surface area contributed by atoms with Crippen molar-refractivity contribution in [3.63, 3.8) is 0 Å². The lowest BCUT2D eigenvalue weighted by atomic mass is 9.85. The van der Waals surface area contributed by atoms with Crippen molar-refractivity contribution in [2.75, 3.05) is 0 Å². The second-order valence-corrected chi connectivity index (χ2v) is 5.11. The Morgan fingerprint density at radius 3 is 1.70 bits per heavy atom. The Labute approximate surface area is 117 Å². The molecule has 0 aliphatic heterocycles. The molecule has 0 heterocycles. The van der Waals surface area contributed by atoms with Crippen LogP contribution in [0.2, 0.25) is 0 Å². The average molecular weight is 278 g/mol. The summed E-state index contributed by atoms with van der Waals surface area (Å²) in [4.78, 5) is 0. The van der Waals surface area contributed by atoms with Crippen LogP contribution in [0.15, 0.2) is 30.3 Å². The maximum Gasteiger partial charge on any atom is 0.417 e. The fraction of sp³-hybridized carbons (Fsp3) is 0.294. The Bertz CT molecular complexity index is 638.